The van der Waals surface area contributed by atoms with Gasteiger partial charge >= 0.3 is 0 Å². The minimum Gasteiger partial charge on any atom is -0.496 e. The highest BCUT2D eigenvalue weighted by Gasteiger charge is 2.12. The molecular formula is C22H25N3O3S. The number of rotatable bonds is 6. The van der Waals surface area contributed by atoms with E-state index in [1.807, 2.05) is 10.7 Å². The van der Waals surface area contributed by atoms with Crippen LogP contribution in [0, 0.1) is 13.8 Å². The van der Waals surface area contributed by atoms with E-state index in [0.29, 0.717) is 17.2 Å². The second kappa shape index (κ2) is 8.96. The zero-order valence-electron chi connectivity index (χ0n) is 17.5. The molecule has 29 heavy (non-hydrogen) atoms. The number of hydrogen-bond donors (Lipinski definition) is 0. The third-order valence-electron chi connectivity index (χ3n) is 4.73. The second-order valence-electron chi connectivity index (χ2n) is 6.43. The molecule has 1 aromatic heterocycles. The molecule has 152 valence electrons. The molecule has 0 fully saturated rings. The molecule has 0 bridgehead atoms. The summed E-state index contributed by atoms with van der Waals surface area (Å²) < 4.78 is 18.1. The molecule has 0 amide bonds. The number of ether oxygens (including phenoxy) is 3. The zero-order valence-corrected chi connectivity index (χ0v) is 18.3. The second-order valence-corrected chi connectivity index (χ2v) is 7.27. The van der Waals surface area contributed by atoms with Crippen molar-refractivity contribution in [2.24, 2.45) is 10.1 Å². The topological polar surface area (TPSA) is 57.3 Å². The Kier molecular flexibility index (Phi) is 6.39. The first-order chi connectivity index (χ1) is 14.0. The number of thiazole rings is 1. The van der Waals surface area contributed by atoms with Gasteiger partial charge in [-0.1, -0.05) is 12.1 Å². The molecular weight excluding hydrogens is 386 g/mol. The van der Waals surface area contributed by atoms with Gasteiger partial charge in [-0.25, -0.2) is 4.68 Å². The van der Waals surface area contributed by atoms with Crippen LogP contribution in [0.4, 0.5) is 0 Å². The Morgan fingerprint density at radius 2 is 1.59 bits per heavy atom. The van der Waals surface area contributed by atoms with Gasteiger partial charge in [-0.05, 0) is 37.1 Å². The van der Waals surface area contributed by atoms with Crippen LogP contribution in [0.5, 0.6) is 17.2 Å². The van der Waals surface area contributed by atoms with Crippen molar-refractivity contribution in [1.82, 2.24) is 4.68 Å². The standard InChI is InChI=1S/C22H25N3O3S/c1-14-7-8-16(9-15(14)2)18-13-29-22(23-3)25(18)24-12-17-10-20(27-5)21(28-6)11-19(17)26-4/h7-13H,1-6H3. The Labute approximate surface area is 174 Å². The van der Waals surface area contributed by atoms with Crippen molar-refractivity contribution in [3.8, 4) is 28.5 Å². The minimum atomic E-state index is 0.602. The van der Waals surface area contributed by atoms with Crippen LogP contribution in [0.15, 0.2) is 45.8 Å². The van der Waals surface area contributed by atoms with Gasteiger partial charge in [0, 0.05) is 29.6 Å². The van der Waals surface area contributed by atoms with Crippen LogP contribution < -0.4 is 19.0 Å². The van der Waals surface area contributed by atoms with Crippen LogP contribution >= 0.6 is 11.3 Å². The van der Waals surface area contributed by atoms with Crippen molar-refractivity contribution < 1.29 is 14.2 Å². The molecule has 7 heteroatoms. The van der Waals surface area contributed by atoms with E-state index >= 15 is 0 Å². The van der Waals surface area contributed by atoms with Gasteiger partial charge < -0.3 is 14.2 Å². The number of hydrogen-bond acceptors (Lipinski definition) is 6. The number of aryl methyl sites for hydroxylation is 2. The third kappa shape index (κ3) is 4.19. The summed E-state index contributed by atoms with van der Waals surface area (Å²) in [6.07, 6.45) is 1.74. The maximum Gasteiger partial charge on any atom is 0.205 e. The molecule has 0 aliphatic heterocycles. The highest BCUT2D eigenvalue weighted by molar-refractivity contribution is 7.07. The van der Waals surface area contributed by atoms with Crippen LogP contribution in [0.3, 0.4) is 0 Å². The molecule has 6 nitrogen and oxygen atoms in total. The maximum absolute atomic E-state index is 5.50. The molecule has 0 atom stereocenters. The average Bonchev–Trinajstić information content (AvgIpc) is 3.16. The summed E-state index contributed by atoms with van der Waals surface area (Å²) in [6.45, 7) is 4.22. The van der Waals surface area contributed by atoms with Gasteiger partial charge in [-0.15, -0.1) is 11.3 Å². The third-order valence-corrected chi connectivity index (χ3v) is 5.63. The largest absolute Gasteiger partial charge is 0.496 e. The zero-order chi connectivity index (χ0) is 21.0. The summed E-state index contributed by atoms with van der Waals surface area (Å²) in [5.41, 5.74) is 5.34. The van der Waals surface area contributed by atoms with E-state index in [1.165, 1.54) is 11.1 Å². The van der Waals surface area contributed by atoms with Crippen LogP contribution in [0.1, 0.15) is 16.7 Å². The van der Waals surface area contributed by atoms with Crippen molar-refractivity contribution in [2.75, 3.05) is 28.4 Å². The van der Waals surface area contributed by atoms with Crippen molar-refractivity contribution in [3.05, 3.63) is 57.2 Å². The normalized spacial score (nSPS) is 11.9. The first-order valence-corrected chi connectivity index (χ1v) is 9.95. The Bertz CT molecular complexity index is 1110. The lowest BCUT2D eigenvalue weighted by molar-refractivity contribution is 0.349. The molecule has 0 spiro atoms. The molecule has 0 N–H and O–H groups in total. The highest BCUT2D eigenvalue weighted by Crippen LogP contribution is 2.34. The minimum absolute atomic E-state index is 0.602. The smallest absolute Gasteiger partial charge is 0.205 e. The summed E-state index contributed by atoms with van der Waals surface area (Å²) >= 11 is 1.55. The summed E-state index contributed by atoms with van der Waals surface area (Å²) in [4.78, 5) is 5.16. The van der Waals surface area contributed by atoms with E-state index < -0.39 is 0 Å². The van der Waals surface area contributed by atoms with Gasteiger partial charge in [-0.3, -0.25) is 4.99 Å². The molecule has 0 aliphatic rings. The molecule has 3 rings (SSSR count). The number of nitrogens with zero attached hydrogens (tertiary/aromatic N) is 3. The Morgan fingerprint density at radius 1 is 0.897 bits per heavy atom. The van der Waals surface area contributed by atoms with E-state index in [0.717, 1.165) is 21.6 Å². The number of benzene rings is 2. The summed E-state index contributed by atoms with van der Waals surface area (Å²) in [5, 5.41) is 6.77. The molecule has 0 unspecified atom stereocenters. The predicted octanol–water partition coefficient (Wildman–Crippen LogP) is 4.27. The SMILES string of the molecule is CN=c1scc(-c2ccc(C)c(C)c2)n1N=Cc1cc(OC)c(OC)cc1OC. The van der Waals surface area contributed by atoms with Crippen LogP contribution in [-0.4, -0.2) is 39.3 Å². The Balaban J connectivity index is 2.10. The van der Waals surface area contributed by atoms with E-state index in [9.17, 15) is 0 Å². The van der Waals surface area contributed by atoms with Crippen molar-refractivity contribution in [3.63, 3.8) is 0 Å². The molecule has 0 saturated carbocycles. The fourth-order valence-electron chi connectivity index (χ4n) is 2.94. The van der Waals surface area contributed by atoms with Crippen molar-refractivity contribution in [2.45, 2.75) is 13.8 Å². The van der Waals surface area contributed by atoms with Crippen LogP contribution in [0.2, 0.25) is 0 Å². The molecule has 1 heterocycles. The quantitative estimate of drug-likeness (QED) is 0.569. The van der Waals surface area contributed by atoms with E-state index in [-0.39, 0.29) is 0 Å². The van der Waals surface area contributed by atoms with Crippen molar-refractivity contribution >= 4 is 17.6 Å². The first kappa shape index (κ1) is 20.7. The lowest BCUT2D eigenvalue weighted by Crippen LogP contribution is -2.11. The van der Waals surface area contributed by atoms with Gasteiger partial charge in [0.15, 0.2) is 11.5 Å². The Hall–Kier alpha value is -3.06. The van der Waals surface area contributed by atoms with Gasteiger partial charge in [0.05, 0.1) is 33.2 Å². The maximum atomic E-state index is 5.50. The fourth-order valence-corrected chi connectivity index (χ4v) is 3.74. The molecule has 0 aliphatic carbocycles. The van der Waals surface area contributed by atoms with Gasteiger partial charge in [-0.2, -0.15) is 5.10 Å². The number of aromatic nitrogens is 1. The highest BCUT2D eigenvalue weighted by atomic mass is 32.1. The van der Waals surface area contributed by atoms with Crippen LogP contribution in [-0.2, 0) is 0 Å². The van der Waals surface area contributed by atoms with E-state index in [1.54, 1.807) is 52.0 Å². The summed E-state index contributed by atoms with van der Waals surface area (Å²) in [5.74, 6) is 1.86. The number of methoxy groups -OCH3 is 3. The Morgan fingerprint density at radius 3 is 2.21 bits per heavy atom. The summed E-state index contributed by atoms with van der Waals surface area (Å²) in [6, 6.07) is 10.0. The molecule has 0 radical (unpaired) electrons. The van der Waals surface area contributed by atoms with Gasteiger partial charge in [0.25, 0.3) is 0 Å². The lowest BCUT2D eigenvalue weighted by Gasteiger charge is -2.12. The van der Waals surface area contributed by atoms with E-state index in [4.69, 9.17) is 19.3 Å². The summed E-state index contributed by atoms with van der Waals surface area (Å²) in [7, 11) is 6.57. The lowest BCUT2D eigenvalue weighted by atomic mass is 10.1. The molecule has 3 aromatic rings. The predicted molar refractivity (Wildman–Crippen MR) is 118 cm³/mol. The van der Waals surface area contributed by atoms with Crippen molar-refractivity contribution in [1.29, 1.82) is 0 Å². The van der Waals surface area contributed by atoms with E-state index in [2.05, 4.69) is 42.4 Å². The monoisotopic (exact) mass is 411 g/mol. The molecule has 2 aromatic carbocycles. The van der Waals surface area contributed by atoms with Gasteiger partial charge in [0.1, 0.15) is 5.75 Å². The fraction of sp³-hybridized carbons (Fsp3) is 0.273. The molecule has 0 saturated heterocycles. The van der Waals surface area contributed by atoms with Crippen LogP contribution in [0.25, 0.3) is 11.3 Å². The first-order valence-electron chi connectivity index (χ1n) is 9.07. The van der Waals surface area contributed by atoms with Gasteiger partial charge in [0.2, 0.25) is 4.80 Å². The average molecular weight is 412 g/mol.